The number of cyclic esters (lactones) is 1. The van der Waals surface area contributed by atoms with Gasteiger partial charge in [-0.15, -0.1) is 0 Å². The number of ether oxygens (including phenoxy) is 2. The third-order valence-electron chi connectivity index (χ3n) is 2.08. The maximum absolute atomic E-state index is 11.2. The second kappa shape index (κ2) is 8.42. The van der Waals surface area contributed by atoms with Crippen molar-refractivity contribution in [2.24, 2.45) is 5.73 Å². The monoisotopic (exact) mass is 316 g/mol. The minimum absolute atomic E-state index is 0.0575. The van der Waals surface area contributed by atoms with Crippen molar-refractivity contribution < 1.29 is 42.1 Å². The fourth-order valence-corrected chi connectivity index (χ4v) is 0.993. The zero-order valence-corrected chi connectivity index (χ0v) is 10.9. The number of hydrogen-bond acceptors (Lipinski definition) is 7. The van der Waals surface area contributed by atoms with Crippen LogP contribution in [0.5, 0.6) is 0 Å². The molecule has 0 bridgehead atoms. The van der Waals surface area contributed by atoms with Crippen molar-refractivity contribution >= 4 is 18.3 Å². The fourth-order valence-electron chi connectivity index (χ4n) is 0.993. The summed E-state index contributed by atoms with van der Waals surface area (Å²) >= 11 is 0. The highest BCUT2D eigenvalue weighted by molar-refractivity contribution is 5.76. The molecule has 0 spiro atoms. The SMILES string of the molecule is C[C@@H](O)[C@H](N)C(=O)OC[C@H]1CNC(=O)O1.O=CC(F)(F)F. The number of carbonyl (C=O) groups excluding carboxylic acids is 3. The molecule has 0 unspecified atom stereocenters. The van der Waals surface area contributed by atoms with E-state index in [1.807, 2.05) is 0 Å². The quantitative estimate of drug-likeness (QED) is 0.452. The molecule has 1 heterocycles. The highest BCUT2D eigenvalue weighted by Crippen LogP contribution is 2.08. The molecule has 0 aliphatic carbocycles. The lowest BCUT2D eigenvalue weighted by Crippen LogP contribution is -2.42. The van der Waals surface area contributed by atoms with Gasteiger partial charge in [0.25, 0.3) is 0 Å². The number of esters is 1. The van der Waals surface area contributed by atoms with Gasteiger partial charge in [0, 0.05) is 0 Å². The van der Waals surface area contributed by atoms with Crippen LogP contribution in [0, 0.1) is 0 Å². The predicted octanol–water partition coefficient (Wildman–Crippen LogP) is -0.906. The highest BCUT2D eigenvalue weighted by atomic mass is 19.4. The maximum Gasteiger partial charge on any atom is 0.446 e. The van der Waals surface area contributed by atoms with Gasteiger partial charge in [0.05, 0.1) is 12.6 Å². The third kappa shape index (κ3) is 8.81. The summed E-state index contributed by atoms with van der Waals surface area (Å²) in [5, 5.41) is 11.4. The summed E-state index contributed by atoms with van der Waals surface area (Å²) in [6.45, 7) is 1.64. The van der Waals surface area contributed by atoms with E-state index in [-0.39, 0.29) is 6.61 Å². The topological polar surface area (TPSA) is 128 Å². The van der Waals surface area contributed by atoms with E-state index in [0.717, 1.165) is 0 Å². The normalized spacial score (nSPS) is 20.3. The molecule has 0 aromatic rings. The van der Waals surface area contributed by atoms with E-state index in [1.165, 1.54) is 6.92 Å². The van der Waals surface area contributed by atoms with Crippen LogP contribution in [0.25, 0.3) is 0 Å². The first-order valence-corrected chi connectivity index (χ1v) is 5.64. The summed E-state index contributed by atoms with van der Waals surface area (Å²) in [5.41, 5.74) is 5.32. The Labute approximate surface area is 117 Å². The van der Waals surface area contributed by atoms with E-state index in [1.54, 1.807) is 0 Å². The minimum Gasteiger partial charge on any atom is -0.460 e. The van der Waals surface area contributed by atoms with Gasteiger partial charge in [0.1, 0.15) is 12.6 Å². The summed E-state index contributed by atoms with van der Waals surface area (Å²) in [5.74, 6) is -0.715. The lowest BCUT2D eigenvalue weighted by molar-refractivity contribution is -0.156. The van der Waals surface area contributed by atoms with Crippen molar-refractivity contribution in [2.75, 3.05) is 13.2 Å². The second-order valence-electron chi connectivity index (χ2n) is 3.96. The van der Waals surface area contributed by atoms with Gasteiger partial charge in [-0.1, -0.05) is 0 Å². The number of aldehydes is 1. The Bertz CT molecular complexity index is 374. The highest BCUT2D eigenvalue weighted by Gasteiger charge is 2.26. The molecule has 1 saturated heterocycles. The molecule has 0 radical (unpaired) electrons. The van der Waals surface area contributed by atoms with Crippen LogP contribution >= 0.6 is 0 Å². The van der Waals surface area contributed by atoms with Crippen molar-refractivity contribution in [1.82, 2.24) is 5.32 Å². The number of halogens is 3. The van der Waals surface area contributed by atoms with Crippen LogP contribution in [0.4, 0.5) is 18.0 Å². The first kappa shape index (κ1) is 19.1. The Morgan fingerprint density at radius 2 is 2.19 bits per heavy atom. The number of hydrogen-bond donors (Lipinski definition) is 3. The molecule has 8 nitrogen and oxygen atoms in total. The van der Waals surface area contributed by atoms with Gasteiger partial charge < -0.3 is 25.6 Å². The van der Waals surface area contributed by atoms with E-state index in [0.29, 0.717) is 6.54 Å². The number of nitrogens with one attached hydrogen (secondary N) is 1. The molecule has 4 N–H and O–H groups in total. The minimum atomic E-state index is -4.64. The standard InChI is InChI=1S/C8H14N2O5.C2HF3O/c1-4(11)6(9)7(12)14-3-5-2-10-8(13)15-5;3-2(4,5)1-6/h4-6,11H,2-3,9H2,1H3,(H,10,13);1H/t4-,5-,6+;/m1./s1. The molecule has 122 valence electrons. The lowest BCUT2D eigenvalue weighted by atomic mass is 10.2. The van der Waals surface area contributed by atoms with Crippen LogP contribution in [0.15, 0.2) is 0 Å². The van der Waals surface area contributed by atoms with Gasteiger partial charge in [-0.25, -0.2) is 4.79 Å². The fraction of sp³-hybridized carbons (Fsp3) is 0.700. The van der Waals surface area contributed by atoms with Crippen LogP contribution in [0.3, 0.4) is 0 Å². The number of alkyl halides is 3. The smallest absolute Gasteiger partial charge is 0.446 e. The van der Waals surface area contributed by atoms with E-state index in [4.69, 9.17) is 25.1 Å². The van der Waals surface area contributed by atoms with Gasteiger partial charge in [-0.2, -0.15) is 13.2 Å². The van der Waals surface area contributed by atoms with E-state index in [9.17, 15) is 22.8 Å². The van der Waals surface area contributed by atoms with Crippen molar-refractivity contribution in [3.8, 4) is 0 Å². The summed E-state index contributed by atoms with van der Waals surface area (Å²) < 4.78 is 40.7. The first-order valence-electron chi connectivity index (χ1n) is 5.64. The van der Waals surface area contributed by atoms with Gasteiger partial charge in [0.2, 0.25) is 6.29 Å². The molecular formula is C10H15F3N2O6. The molecule has 0 saturated carbocycles. The molecular weight excluding hydrogens is 301 g/mol. The number of aliphatic hydroxyl groups is 1. The summed E-state index contributed by atoms with van der Waals surface area (Å²) in [6, 6.07) is -1.07. The second-order valence-corrected chi connectivity index (χ2v) is 3.96. The third-order valence-corrected chi connectivity index (χ3v) is 2.08. The van der Waals surface area contributed by atoms with Crippen LogP contribution in [0.2, 0.25) is 0 Å². The number of nitrogens with two attached hydrogens (primary N) is 1. The molecule has 21 heavy (non-hydrogen) atoms. The van der Waals surface area contributed by atoms with Crippen molar-refractivity contribution in [2.45, 2.75) is 31.3 Å². The summed E-state index contributed by atoms with van der Waals surface area (Å²) in [4.78, 5) is 30.5. The van der Waals surface area contributed by atoms with Gasteiger partial charge >= 0.3 is 18.2 Å². The molecule has 3 atom stereocenters. The molecule has 1 aliphatic heterocycles. The molecule has 1 amide bonds. The predicted molar refractivity (Wildman–Crippen MR) is 61.0 cm³/mol. The van der Waals surface area contributed by atoms with Crippen LogP contribution in [0.1, 0.15) is 6.92 Å². The largest absolute Gasteiger partial charge is 0.460 e. The van der Waals surface area contributed by atoms with E-state index < -0.39 is 42.8 Å². The van der Waals surface area contributed by atoms with Crippen LogP contribution in [-0.2, 0) is 19.1 Å². The Hall–Kier alpha value is -1.88. The first-order chi connectivity index (χ1) is 9.56. The maximum atomic E-state index is 11.2. The Morgan fingerprint density at radius 1 is 1.67 bits per heavy atom. The van der Waals surface area contributed by atoms with E-state index >= 15 is 0 Å². The lowest BCUT2D eigenvalue weighted by Gasteiger charge is -2.15. The Morgan fingerprint density at radius 3 is 2.52 bits per heavy atom. The average Bonchev–Trinajstić information content (AvgIpc) is 2.80. The summed E-state index contributed by atoms with van der Waals surface area (Å²) in [6.07, 6.45) is -7.69. The molecule has 0 aromatic carbocycles. The molecule has 1 aliphatic rings. The van der Waals surface area contributed by atoms with Crippen molar-refractivity contribution in [3.63, 3.8) is 0 Å². The molecule has 11 heteroatoms. The number of aliphatic hydroxyl groups excluding tert-OH is 1. The molecule has 0 aromatic heterocycles. The van der Waals surface area contributed by atoms with Crippen molar-refractivity contribution in [1.29, 1.82) is 0 Å². The van der Waals surface area contributed by atoms with Crippen LogP contribution < -0.4 is 11.1 Å². The van der Waals surface area contributed by atoms with Gasteiger partial charge in [0.15, 0.2) is 6.10 Å². The zero-order valence-electron chi connectivity index (χ0n) is 10.9. The van der Waals surface area contributed by atoms with Crippen LogP contribution in [-0.4, -0.2) is 61.0 Å². The number of alkyl carbamates (subject to hydrolysis) is 1. The number of rotatable bonds is 4. The molecule has 1 rings (SSSR count). The van der Waals surface area contributed by atoms with Crippen molar-refractivity contribution in [3.05, 3.63) is 0 Å². The van der Waals surface area contributed by atoms with Gasteiger partial charge in [-0.05, 0) is 6.92 Å². The Kier molecular flexibility index (Phi) is 7.66. The molecule has 1 fully saturated rings. The summed E-state index contributed by atoms with van der Waals surface area (Å²) in [7, 11) is 0. The van der Waals surface area contributed by atoms with E-state index in [2.05, 4.69) is 5.32 Å². The number of amides is 1. The average molecular weight is 316 g/mol. The Balaban J connectivity index is 0.000000567. The zero-order chi connectivity index (χ0) is 16.6. The van der Waals surface area contributed by atoms with Gasteiger partial charge in [-0.3, -0.25) is 9.59 Å². The number of carbonyl (C=O) groups is 3.